The van der Waals surface area contributed by atoms with Crippen LogP contribution in [-0.4, -0.2) is 9.97 Å². The summed E-state index contributed by atoms with van der Waals surface area (Å²) in [5.41, 5.74) is 16.2. The van der Waals surface area contributed by atoms with Gasteiger partial charge in [-0.25, -0.2) is 9.97 Å². The Morgan fingerprint density at radius 1 is 0.230 bits per heavy atom. The lowest BCUT2D eigenvalue weighted by atomic mass is 9.75. The van der Waals surface area contributed by atoms with Crippen LogP contribution in [0, 0.1) is 22.7 Å². The first-order valence-corrected chi connectivity index (χ1v) is 36.5. The van der Waals surface area contributed by atoms with Crippen molar-refractivity contribution in [1.29, 1.82) is 10.5 Å². The first-order chi connectivity index (χ1) is 46.4. The third-order valence-electron chi connectivity index (χ3n) is 20.8. The standard InChI is InChI=1S/C94H116N6/c1-85(2,3)71-37-25-65(26-38-71)57-93(79-53-49-77(50-54-79)91(19,20)21,58-66-27-39-72(40-28-66)86(4,5)6)99(63-69-33-45-75(46-34-69)89(13,14)15)83-81(61-95)98-84(82(62-96)97-83)100(64-70-35-47-76(48-36-70)90(16,17)18)94(80-55-51-78(52-56-80)92(22,23)24,59-67-29-41-73(42-30-67)87(7,8)9)60-68-31-43-74(44-32-68)88(10,11)12/h25-56H,57-60,63-64H2,1-24H3. The molecule has 0 fully saturated rings. The summed E-state index contributed by atoms with van der Waals surface area (Å²) in [4.78, 5) is 16.4. The molecule has 0 saturated carbocycles. The van der Waals surface area contributed by atoms with Crippen molar-refractivity contribution >= 4 is 11.6 Å². The number of aromatic nitrogens is 2. The van der Waals surface area contributed by atoms with Crippen molar-refractivity contribution in [2.24, 2.45) is 0 Å². The molecule has 6 heteroatoms. The first-order valence-electron chi connectivity index (χ1n) is 36.5. The maximum Gasteiger partial charge on any atom is 0.185 e. The number of anilines is 2. The average molecular weight is 1330 g/mol. The summed E-state index contributed by atoms with van der Waals surface area (Å²) in [7, 11) is 0. The van der Waals surface area contributed by atoms with Gasteiger partial charge in [-0.1, -0.05) is 360 Å². The molecule has 0 radical (unpaired) electrons. The summed E-state index contributed by atoms with van der Waals surface area (Å²) in [6.45, 7) is 54.9. The Morgan fingerprint density at radius 3 is 0.540 bits per heavy atom. The van der Waals surface area contributed by atoms with Crippen LogP contribution < -0.4 is 9.80 Å². The van der Waals surface area contributed by atoms with E-state index in [9.17, 15) is 10.5 Å². The Labute approximate surface area is 604 Å². The van der Waals surface area contributed by atoms with Gasteiger partial charge in [0.1, 0.15) is 12.1 Å². The van der Waals surface area contributed by atoms with Gasteiger partial charge in [0.2, 0.25) is 0 Å². The second kappa shape index (κ2) is 28.4. The summed E-state index contributed by atoms with van der Waals surface area (Å²) >= 11 is 0. The molecule has 6 nitrogen and oxygen atoms in total. The number of benzene rings is 8. The molecule has 1 aromatic heterocycles. The molecule has 0 spiro atoms. The van der Waals surface area contributed by atoms with Crippen molar-refractivity contribution in [2.45, 2.75) is 259 Å². The Bertz CT molecular complexity index is 3900. The van der Waals surface area contributed by atoms with E-state index in [-0.39, 0.29) is 54.7 Å². The van der Waals surface area contributed by atoms with Crippen LogP contribution in [0.15, 0.2) is 194 Å². The molecule has 0 bridgehead atoms. The quantitative estimate of drug-likeness (QED) is 0.0852. The molecule has 9 aromatic rings. The summed E-state index contributed by atoms with van der Waals surface area (Å²) < 4.78 is 0. The van der Waals surface area contributed by atoms with Gasteiger partial charge in [-0.15, -0.1) is 0 Å². The highest BCUT2D eigenvalue weighted by Crippen LogP contribution is 2.47. The van der Waals surface area contributed by atoms with E-state index in [4.69, 9.17) is 9.97 Å². The molecule has 8 aromatic carbocycles. The fourth-order valence-corrected chi connectivity index (χ4v) is 14.0. The van der Waals surface area contributed by atoms with Crippen LogP contribution in [0.4, 0.5) is 11.6 Å². The molecule has 1 heterocycles. The number of hydrogen-bond acceptors (Lipinski definition) is 6. The monoisotopic (exact) mass is 1330 g/mol. The molecule has 0 saturated heterocycles. The highest BCUT2D eigenvalue weighted by atomic mass is 15.3. The molecule has 0 amide bonds. The molecule has 9 rings (SSSR count). The highest BCUT2D eigenvalue weighted by Gasteiger charge is 2.46. The van der Waals surface area contributed by atoms with E-state index < -0.39 is 11.1 Å². The minimum atomic E-state index is -0.967. The zero-order valence-corrected chi connectivity index (χ0v) is 65.4. The van der Waals surface area contributed by atoms with E-state index in [1.165, 1.54) is 44.5 Å². The van der Waals surface area contributed by atoms with Crippen molar-refractivity contribution in [3.63, 3.8) is 0 Å². The van der Waals surface area contributed by atoms with Gasteiger partial charge in [0, 0.05) is 38.8 Å². The Balaban J connectivity index is 1.43. The zero-order chi connectivity index (χ0) is 73.4. The van der Waals surface area contributed by atoms with Crippen molar-refractivity contribution in [1.82, 2.24) is 9.97 Å². The first kappa shape index (κ1) is 75.6. The molecular weight excluding hydrogens is 1210 g/mol. The van der Waals surface area contributed by atoms with Gasteiger partial charge in [-0.3, -0.25) is 0 Å². The van der Waals surface area contributed by atoms with E-state index >= 15 is 0 Å². The van der Waals surface area contributed by atoms with E-state index in [2.05, 4.69) is 382 Å². The molecule has 0 unspecified atom stereocenters. The van der Waals surface area contributed by atoms with Gasteiger partial charge < -0.3 is 9.80 Å². The lowest BCUT2D eigenvalue weighted by molar-refractivity contribution is 0.378. The minimum absolute atomic E-state index is 0.0732. The summed E-state index contributed by atoms with van der Waals surface area (Å²) in [6, 6.07) is 78.5. The van der Waals surface area contributed by atoms with E-state index in [0.29, 0.717) is 50.4 Å². The summed E-state index contributed by atoms with van der Waals surface area (Å²) in [5, 5.41) is 25.0. The number of hydrogen-bond donors (Lipinski definition) is 0. The number of nitrogens with zero attached hydrogens (tertiary/aromatic N) is 6. The second-order valence-electron chi connectivity index (χ2n) is 37.1. The summed E-state index contributed by atoms with van der Waals surface area (Å²) in [6.07, 6.45) is 2.09. The second-order valence-corrected chi connectivity index (χ2v) is 37.1. The predicted octanol–water partition coefficient (Wildman–Crippen LogP) is 23.4. The number of nitriles is 2. The topological polar surface area (TPSA) is 79.8 Å². The average Bonchev–Trinajstić information content (AvgIpc) is 0.735. The Morgan fingerprint density at radius 2 is 0.380 bits per heavy atom. The third kappa shape index (κ3) is 17.6. The third-order valence-corrected chi connectivity index (χ3v) is 20.8. The van der Waals surface area contributed by atoms with Gasteiger partial charge in [0.25, 0.3) is 0 Å². The minimum Gasteiger partial charge on any atom is -0.339 e. The van der Waals surface area contributed by atoms with E-state index in [1.54, 1.807) is 0 Å². The van der Waals surface area contributed by atoms with Gasteiger partial charge in [0.05, 0.1) is 11.1 Å². The maximum absolute atomic E-state index is 12.5. The molecular formula is C94H116N6. The molecule has 0 aliphatic rings. The molecule has 0 N–H and O–H groups in total. The van der Waals surface area contributed by atoms with Crippen LogP contribution in [-0.2, 0) is 93.2 Å². The van der Waals surface area contributed by atoms with Crippen LogP contribution in [0.1, 0.15) is 267 Å². The largest absolute Gasteiger partial charge is 0.339 e. The highest BCUT2D eigenvalue weighted by molar-refractivity contribution is 5.65. The van der Waals surface area contributed by atoms with Gasteiger partial charge in [0.15, 0.2) is 23.0 Å². The molecule has 0 atom stereocenters. The summed E-state index contributed by atoms with van der Waals surface area (Å²) in [5.74, 6) is 0.704. The van der Waals surface area contributed by atoms with Crippen LogP contribution in [0.5, 0.6) is 0 Å². The number of rotatable bonds is 18. The van der Waals surface area contributed by atoms with Crippen molar-refractivity contribution in [3.05, 3.63) is 295 Å². The van der Waals surface area contributed by atoms with Crippen molar-refractivity contribution < 1.29 is 0 Å². The fourth-order valence-electron chi connectivity index (χ4n) is 14.0. The lowest BCUT2D eigenvalue weighted by Gasteiger charge is -2.48. The molecule has 522 valence electrons. The van der Waals surface area contributed by atoms with Crippen LogP contribution in [0.25, 0.3) is 0 Å². The molecule has 0 aliphatic carbocycles. The molecule has 100 heavy (non-hydrogen) atoms. The fraction of sp³-hybridized carbons (Fsp3) is 0.426. The smallest absolute Gasteiger partial charge is 0.185 e. The van der Waals surface area contributed by atoms with E-state index in [1.807, 2.05) is 0 Å². The van der Waals surface area contributed by atoms with Crippen LogP contribution >= 0.6 is 0 Å². The lowest BCUT2D eigenvalue weighted by Crippen LogP contribution is -2.52. The van der Waals surface area contributed by atoms with Crippen molar-refractivity contribution in [2.75, 3.05) is 9.80 Å². The van der Waals surface area contributed by atoms with Gasteiger partial charge in [-0.2, -0.15) is 10.5 Å². The van der Waals surface area contributed by atoms with Gasteiger partial charge >= 0.3 is 0 Å². The SMILES string of the molecule is CC(C)(C)c1ccc(CN(c2nc(C#N)c(N(Cc3ccc(C(C)(C)C)cc3)C(Cc3ccc(C(C)(C)C)cc3)(Cc3ccc(C(C)(C)C)cc3)c3ccc(C(C)(C)C)cc3)nc2C#N)C(Cc2ccc(C(C)(C)C)cc2)(Cc2ccc(C(C)(C)C)cc2)c2ccc(C(C)(C)C)cc2)cc1. The van der Waals surface area contributed by atoms with Crippen LogP contribution in [0.2, 0.25) is 0 Å². The predicted molar refractivity (Wildman–Crippen MR) is 423 cm³/mol. The van der Waals surface area contributed by atoms with Gasteiger partial charge in [-0.05, 0) is 132 Å². The molecule has 0 aliphatic heterocycles. The Hall–Kier alpha value is -8.58. The maximum atomic E-state index is 12.5. The Kier molecular flexibility index (Phi) is 21.5. The van der Waals surface area contributed by atoms with E-state index in [0.717, 1.165) is 44.5 Å². The van der Waals surface area contributed by atoms with Crippen molar-refractivity contribution in [3.8, 4) is 12.1 Å². The van der Waals surface area contributed by atoms with Crippen LogP contribution in [0.3, 0.4) is 0 Å². The normalized spacial score (nSPS) is 13.0. The zero-order valence-electron chi connectivity index (χ0n) is 65.4.